The van der Waals surface area contributed by atoms with Gasteiger partial charge in [0.15, 0.2) is 4.96 Å². The molecule has 0 radical (unpaired) electrons. The third kappa shape index (κ3) is 3.59. The molecule has 2 aromatic carbocycles. The number of thiazole rings is 1. The van der Waals surface area contributed by atoms with Crippen molar-refractivity contribution in [2.75, 3.05) is 7.11 Å². The molecule has 0 aliphatic heterocycles. The summed E-state index contributed by atoms with van der Waals surface area (Å²) in [4.78, 5) is 18.6. The van der Waals surface area contributed by atoms with Crippen LogP contribution in [-0.4, -0.2) is 22.4 Å². The molecule has 6 nitrogen and oxygen atoms in total. The molecule has 2 heterocycles. The maximum absolute atomic E-state index is 12.4. The van der Waals surface area contributed by atoms with Crippen LogP contribution in [-0.2, 0) is 6.54 Å². The van der Waals surface area contributed by atoms with Crippen LogP contribution >= 0.6 is 11.3 Å². The summed E-state index contributed by atoms with van der Waals surface area (Å²) < 4.78 is 7.03. The largest absolute Gasteiger partial charge is 0.497 e. The Labute approximate surface area is 165 Å². The molecule has 0 saturated carbocycles. The van der Waals surface area contributed by atoms with Crippen LogP contribution in [0.2, 0.25) is 0 Å². The molecule has 4 aromatic rings. The number of ether oxygens (including phenoxy) is 1. The molecule has 2 aromatic heterocycles. The second-order valence-electron chi connectivity index (χ2n) is 6.14. The van der Waals surface area contributed by atoms with E-state index in [0.717, 1.165) is 26.7 Å². The first-order valence-corrected chi connectivity index (χ1v) is 9.38. The number of benzene rings is 2. The number of rotatable bonds is 5. The lowest BCUT2D eigenvalue weighted by Crippen LogP contribution is -2.23. The number of aromatic nitrogens is 2. The van der Waals surface area contributed by atoms with Gasteiger partial charge in [0.25, 0.3) is 5.91 Å². The molecule has 7 heteroatoms. The molecule has 0 spiro atoms. The van der Waals surface area contributed by atoms with E-state index in [0.29, 0.717) is 17.8 Å². The van der Waals surface area contributed by atoms with Crippen molar-refractivity contribution in [2.45, 2.75) is 6.54 Å². The predicted molar refractivity (Wildman–Crippen MR) is 107 cm³/mol. The average Bonchev–Trinajstić information content (AvgIpc) is 3.32. The fourth-order valence-corrected chi connectivity index (χ4v) is 3.80. The lowest BCUT2D eigenvalue weighted by atomic mass is 10.1. The summed E-state index contributed by atoms with van der Waals surface area (Å²) in [6.45, 7) is 0.396. The van der Waals surface area contributed by atoms with Gasteiger partial charge in [0.1, 0.15) is 11.4 Å². The van der Waals surface area contributed by atoms with Gasteiger partial charge in [-0.15, -0.1) is 0 Å². The fraction of sp³-hybridized carbons (Fsp3) is 0.0952. The van der Waals surface area contributed by atoms with Crippen LogP contribution in [0.3, 0.4) is 0 Å². The zero-order valence-corrected chi connectivity index (χ0v) is 15.9. The van der Waals surface area contributed by atoms with E-state index < -0.39 is 0 Å². The molecular weight excluding hydrogens is 372 g/mol. The molecule has 0 aliphatic carbocycles. The van der Waals surface area contributed by atoms with E-state index in [1.165, 1.54) is 11.3 Å². The summed E-state index contributed by atoms with van der Waals surface area (Å²) in [7, 11) is 1.61. The Bertz CT molecular complexity index is 1170. The second-order valence-corrected chi connectivity index (χ2v) is 7.15. The van der Waals surface area contributed by atoms with Gasteiger partial charge in [-0.2, -0.15) is 5.26 Å². The quantitative estimate of drug-likeness (QED) is 0.563. The number of carbonyl (C=O) groups excluding carboxylic acids is 1. The summed E-state index contributed by atoms with van der Waals surface area (Å²) in [6.07, 6.45) is 3.63. The number of fused-ring (bicyclic) bond motifs is 1. The highest BCUT2D eigenvalue weighted by molar-refractivity contribution is 7.20. The molecule has 0 fully saturated rings. The number of amides is 1. The molecule has 0 unspecified atom stereocenters. The molecule has 1 amide bonds. The Hall–Kier alpha value is -3.63. The van der Waals surface area contributed by atoms with Crippen LogP contribution in [0.4, 0.5) is 0 Å². The van der Waals surface area contributed by atoms with Crippen molar-refractivity contribution >= 4 is 22.2 Å². The van der Waals surface area contributed by atoms with Crippen LogP contribution in [0.25, 0.3) is 15.4 Å². The molecule has 0 atom stereocenters. The van der Waals surface area contributed by atoms with E-state index in [9.17, 15) is 4.79 Å². The molecule has 4 rings (SSSR count). The SMILES string of the molecule is COc1cccc(CNC(=O)c2cn3cc(-c4cccc(C#N)c4)sc3n2)c1. The van der Waals surface area contributed by atoms with Gasteiger partial charge in [-0.25, -0.2) is 4.98 Å². The van der Waals surface area contributed by atoms with Gasteiger partial charge < -0.3 is 10.1 Å². The summed E-state index contributed by atoms with van der Waals surface area (Å²) in [6, 6.07) is 17.1. The number of carbonyl (C=O) groups is 1. The highest BCUT2D eigenvalue weighted by atomic mass is 32.1. The topological polar surface area (TPSA) is 79.4 Å². The molecule has 0 aliphatic rings. The zero-order chi connectivity index (χ0) is 19.5. The third-order valence-electron chi connectivity index (χ3n) is 4.25. The van der Waals surface area contributed by atoms with Crippen molar-refractivity contribution in [1.29, 1.82) is 5.26 Å². The van der Waals surface area contributed by atoms with Gasteiger partial charge in [-0.05, 0) is 35.4 Å². The Kier molecular flexibility index (Phi) is 4.79. The van der Waals surface area contributed by atoms with Crippen LogP contribution in [0.1, 0.15) is 21.6 Å². The predicted octanol–water partition coefficient (Wildman–Crippen LogP) is 3.87. The van der Waals surface area contributed by atoms with Crippen LogP contribution in [0.5, 0.6) is 5.75 Å². The molecule has 0 saturated heterocycles. The number of hydrogen-bond donors (Lipinski definition) is 1. The van der Waals surface area contributed by atoms with E-state index >= 15 is 0 Å². The summed E-state index contributed by atoms with van der Waals surface area (Å²) >= 11 is 1.47. The minimum absolute atomic E-state index is 0.230. The molecule has 0 bridgehead atoms. The fourth-order valence-electron chi connectivity index (χ4n) is 2.84. The number of methoxy groups -OCH3 is 1. The summed E-state index contributed by atoms with van der Waals surface area (Å²) in [5.41, 5.74) is 2.89. The van der Waals surface area contributed by atoms with E-state index in [4.69, 9.17) is 10.00 Å². The van der Waals surface area contributed by atoms with E-state index in [1.807, 2.05) is 53.1 Å². The molecule has 138 valence electrons. The van der Waals surface area contributed by atoms with Gasteiger partial charge in [-0.1, -0.05) is 35.6 Å². The van der Waals surface area contributed by atoms with Gasteiger partial charge in [-0.3, -0.25) is 9.20 Å². The maximum atomic E-state index is 12.4. The van der Waals surface area contributed by atoms with Crippen molar-refractivity contribution in [1.82, 2.24) is 14.7 Å². The molecular formula is C21H16N4O2S. The van der Waals surface area contributed by atoms with Gasteiger partial charge in [0, 0.05) is 18.9 Å². The first kappa shape index (κ1) is 17.8. The number of nitrogens with one attached hydrogen (secondary N) is 1. The van der Waals surface area contributed by atoms with Gasteiger partial charge >= 0.3 is 0 Å². The van der Waals surface area contributed by atoms with E-state index in [1.54, 1.807) is 19.4 Å². The van der Waals surface area contributed by atoms with E-state index in [2.05, 4.69) is 16.4 Å². The minimum Gasteiger partial charge on any atom is -0.497 e. The highest BCUT2D eigenvalue weighted by Crippen LogP contribution is 2.29. The minimum atomic E-state index is -0.230. The highest BCUT2D eigenvalue weighted by Gasteiger charge is 2.14. The van der Waals surface area contributed by atoms with Crippen molar-refractivity contribution in [3.63, 3.8) is 0 Å². The summed E-state index contributed by atoms with van der Waals surface area (Å²) in [5.74, 6) is 0.522. The second kappa shape index (κ2) is 7.55. The molecule has 28 heavy (non-hydrogen) atoms. The van der Waals surface area contributed by atoms with Crippen molar-refractivity contribution in [3.05, 3.63) is 77.7 Å². The smallest absolute Gasteiger partial charge is 0.271 e. The van der Waals surface area contributed by atoms with Crippen LogP contribution in [0.15, 0.2) is 60.9 Å². The van der Waals surface area contributed by atoms with Gasteiger partial charge in [0.05, 0.1) is 23.6 Å². The normalized spacial score (nSPS) is 10.6. The number of hydrogen-bond acceptors (Lipinski definition) is 5. The van der Waals surface area contributed by atoms with Crippen molar-refractivity contribution < 1.29 is 9.53 Å². The number of nitrogens with zero attached hydrogens (tertiary/aromatic N) is 3. The van der Waals surface area contributed by atoms with Gasteiger partial charge in [0.2, 0.25) is 0 Å². The Balaban J connectivity index is 1.49. The average molecular weight is 388 g/mol. The third-order valence-corrected chi connectivity index (χ3v) is 5.30. The van der Waals surface area contributed by atoms with Crippen LogP contribution in [0, 0.1) is 11.3 Å². The molecule has 1 N–H and O–H groups in total. The lowest BCUT2D eigenvalue weighted by molar-refractivity contribution is 0.0946. The summed E-state index contributed by atoms with van der Waals surface area (Å²) in [5, 5.41) is 11.9. The van der Waals surface area contributed by atoms with E-state index in [-0.39, 0.29) is 5.91 Å². The Morgan fingerprint density at radius 2 is 2.11 bits per heavy atom. The standard InChI is InChI=1S/C21H16N4O2S/c1-27-17-7-3-5-15(9-17)11-23-20(26)18-12-25-13-19(28-21(25)24-18)16-6-2-4-14(8-16)10-22/h2-9,12-13H,11H2,1H3,(H,23,26). The lowest BCUT2D eigenvalue weighted by Gasteiger charge is -2.05. The maximum Gasteiger partial charge on any atom is 0.271 e. The Morgan fingerprint density at radius 1 is 1.25 bits per heavy atom. The monoisotopic (exact) mass is 388 g/mol. The number of nitriles is 1. The van der Waals surface area contributed by atoms with Crippen molar-refractivity contribution in [2.24, 2.45) is 0 Å². The van der Waals surface area contributed by atoms with Crippen LogP contribution < -0.4 is 10.1 Å². The van der Waals surface area contributed by atoms with Crippen molar-refractivity contribution in [3.8, 4) is 22.3 Å². The first-order valence-electron chi connectivity index (χ1n) is 8.56. The zero-order valence-electron chi connectivity index (χ0n) is 15.0. The first-order chi connectivity index (χ1) is 13.7. The number of imidazole rings is 1. The Morgan fingerprint density at radius 3 is 2.89 bits per heavy atom.